The molecule has 2 aromatic rings. The SMILES string of the molecule is COc1c(Br)ccc2c1C(C)(C)c1ccccc1-2. The molecule has 0 aromatic heterocycles. The third kappa shape index (κ3) is 1.39. The van der Waals surface area contributed by atoms with Crippen LogP contribution in [0.4, 0.5) is 0 Å². The van der Waals surface area contributed by atoms with Crippen LogP contribution in [0.3, 0.4) is 0 Å². The number of methoxy groups -OCH3 is 1. The molecule has 2 heteroatoms. The molecule has 1 aliphatic carbocycles. The molecule has 0 atom stereocenters. The van der Waals surface area contributed by atoms with Gasteiger partial charge in [0.15, 0.2) is 0 Å². The minimum Gasteiger partial charge on any atom is -0.495 e. The molecule has 0 unspecified atom stereocenters. The van der Waals surface area contributed by atoms with Gasteiger partial charge in [-0.25, -0.2) is 0 Å². The van der Waals surface area contributed by atoms with Gasteiger partial charge in [0.2, 0.25) is 0 Å². The van der Waals surface area contributed by atoms with Crippen LogP contribution in [0, 0.1) is 0 Å². The van der Waals surface area contributed by atoms with E-state index in [1.54, 1.807) is 7.11 Å². The van der Waals surface area contributed by atoms with Crippen LogP contribution in [0.1, 0.15) is 25.0 Å². The summed E-state index contributed by atoms with van der Waals surface area (Å²) >= 11 is 3.58. The van der Waals surface area contributed by atoms with Crippen LogP contribution in [0.15, 0.2) is 40.9 Å². The van der Waals surface area contributed by atoms with E-state index in [0.717, 1.165) is 10.2 Å². The summed E-state index contributed by atoms with van der Waals surface area (Å²) in [6.07, 6.45) is 0. The van der Waals surface area contributed by atoms with Gasteiger partial charge in [-0.05, 0) is 38.7 Å². The number of fused-ring (bicyclic) bond motifs is 3. The van der Waals surface area contributed by atoms with E-state index in [1.165, 1.54) is 22.3 Å². The van der Waals surface area contributed by atoms with Crippen molar-refractivity contribution in [2.45, 2.75) is 19.3 Å². The molecule has 0 fully saturated rings. The molecule has 1 nitrogen and oxygen atoms in total. The summed E-state index contributed by atoms with van der Waals surface area (Å²) in [5, 5.41) is 0. The normalized spacial score (nSPS) is 15.1. The van der Waals surface area contributed by atoms with Crippen molar-refractivity contribution in [1.82, 2.24) is 0 Å². The fraction of sp³-hybridized carbons (Fsp3) is 0.250. The van der Waals surface area contributed by atoms with E-state index in [0.29, 0.717) is 0 Å². The largest absolute Gasteiger partial charge is 0.495 e. The number of benzene rings is 2. The monoisotopic (exact) mass is 302 g/mol. The molecule has 0 radical (unpaired) electrons. The van der Waals surface area contributed by atoms with Gasteiger partial charge in [-0.3, -0.25) is 0 Å². The first kappa shape index (κ1) is 11.8. The molecule has 0 aliphatic heterocycles. The van der Waals surface area contributed by atoms with Crippen molar-refractivity contribution in [3.8, 4) is 16.9 Å². The molecule has 0 N–H and O–H groups in total. The fourth-order valence-electron chi connectivity index (χ4n) is 3.00. The lowest BCUT2D eigenvalue weighted by molar-refractivity contribution is 0.400. The van der Waals surface area contributed by atoms with Crippen molar-refractivity contribution >= 4 is 15.9 Å². The van der Waals surface area contributed by atoms with E-state index in [1.807, 2.05) is 0 Å². The molecule has 0 amide bonds. The maximum atomic E-state index is 5.61. The molecule has 0 heterocycles. The minimum absolute atomic E-state index is 0.0128. The van der Waals surface area contributed by atoms with Crippen molar-refractivity contribution in [3.05, 3.63) is 52.0 Å². The highest BCUT2D eigenvalue weighted by Gasteiger charge is 2.38. The molecule has 1 aliphatic rings. The van der Waals surface area contributed by atoms with Crippen molar-refractivity contribution in [3.63, 3.8) is 0 Å². The Morgan fingerprint density at radius 2 is 1.72 bits per heavy atom. The quantitative estimate of drug-likeness (QED) is 0.738. The molecule has 0 saturated heterocycles. The highest BCUT2D eigenvalue weighted by atomic mass is 79.9. The fourth-order valence-corrected chi connectivity index (χ4v) is 3.49. The van der Waals surface area contributed by atoms with Gasteiger partial charge >= 0.3 is 0 Å². The summed E-state index contributed by atoms with van der Waals surface area (Å²) in [5.74, 6) is 0.952. The maximum Gasteiger partial charge on any atom is 0.137 e. The van der Waals surface area contributed by atoms with E-state index in [2.05, 4.69) is 66.2 Å². The molecular formula is C16H15BrO. The summed E-state index contributed by atoms with van der Waals surface area (Å²) in [7, 11) is 1.74. The second-order valence-electron chi connectivity index (χ2n) is 5.17. The first-order valence-corrected chi connectivity index (χ1v) is 6.83. The Bertz CT molecular complexity index is 629. The minimum atomic E-state index is -0.0128. The predicted octanol–water partition coefficient (Wildman–Crippen LogP) is 4.76. The topological polar surface area (TPSA) is 9.23 Å². The average molecular weight is 303 g/mol. The maximum absolute atomic E-state index is 5.61. The van der Waals surface area contributed by atoms with E-state index >= 15 is 0 Å². The van der Waals surface area contributed by atoms with Crippen LogP contribution in [-0.4, -0.2) is 7.11 Å². The second-order valence-corrected chi connectivity index (χ2v) is 6.03. The predicted molar refractivity (Wildman–Crippen MR) is 78.3 cm³/mol. The number of hydrogen-bond acceptors (Lipinski definition) is 1. The van der Waals surface area contributed by atoms with Crippen molar-refractivity contribution in [2.24, 2.45) is 0 Å². The lowest BCUT2D eigenvalue weighted by Gasteiger charge is -2.24. The third-order valence-corrected chi connectivity index (χ3v) is 4.45. The summed E-state index contributed by atoms with van der Waals surface area (Å²) in [6.45, 7) is 4.51. The molecular weight excluding hydrogens is 288 g/mol. The number of hydrogen-bond donors (Lipinski definition) is 0. The van der Waals surface area contributed by atoms with Gasteiger partial charge in [0, 0.05) is 11.0 Å². The van der Waals surface area contributed by atoms with Gasteiger partial charge in [-0.2, -0.15) is 0 Å². The summed E-state index contributed by atoms with van der Waals surface area (Å²) in [5.41, 5.74) is 5.25. The van der Waals surface area contributed by atoms with Gasteiger partial charge in [0.1, 0.15) is 5.75 Å². The zero-order chi connectivity index (χ0) is 12.9. The van der Waals surface area contributed by atoms with E-state index in [4.69, 9.17) is 4.74 Å². The summed E-state index contributed by atoms with van der Waals surface area (Å²) < 4.78 is 6.63. The van der Waals surface area contributed by atoms with Gasteiger partial charge in [-0.15, -0.1) is 0 Å². The van der Waals surface area contributed by atoms with E-state index < -0.39 is 0 Å². The zero-order valence-corrected chi connectivity index (χ0v) is 12.3. The highest BCUT2D eigenvalue weighted by Crippen LogP contribution is 2.53. The highest BCUT2D eigenvalue weighted by molar-refractivity contribution is 9.10. The number of halogens is 1. The first-order valence-electron chi connectivity index (χ1n) is 6.04. The Morgan fingerprint density at radius 1 is 1.00 bits per heavy atom. The van der Waals surface area contributed by atoms with Gasteiger partial charge in [-0.1, -0.05) is 44.2 Å². The van der Waals surface area contributed by atoms with Crippen LogP contribution in [0.5, 0.6) is 5.75 Å². The Kier molecular flexibility index (Phi) is 2.53. The standard InChI is InChI=1S/C16H15BrO/c1-16(2)12-7-5-4-6-10(12)11-8-9-13(17)15(18-3)14(11)16/h4-9H,1-3H3. The number of ether oxygens (including phenoxy) is 1. The van der Waals surface area contributed by atoms with Crippen LogP contribution in [0.25, 0.3) is 11.1 Å². The van der Waals surface area contributed by atoms with E-state index in [9.17, 15) is 0 Å². The lowest BCUT2D eigenvalue weighted by atomic mass is 9.82. The van der Waals surface area contributed by atoms with Gasteiger partial charge in [0.25, 0.3) is 0 Å². The molecule has 0 spiro atoms. The lowest BCUT2D eigenvalue weighted by Crippen LogP contribution is -2.16. The molecule has 18 heavy (non-hydrogen) atoms. The Balaban J connectivity index is 2.42. The third-order valence-electron chi connectivity index (χ3n) is 3.83. The average Bonchev–Trinajstić information content (AvgIpc) is 2.60. The van der Waals surface area contributed by atoms with Crippen LogP contribution in [0.2, 0.25) is 0 Å². The van der Waals surface area contributed by atoms with Crippen LogP contribution < -0.4 is 4.74 Å². The Morgan fingerprint density at radius 3 is 2.44 bits per heavy atom. The van der Waals surface area contributed by atoms with Gasteiger partial charge in [0.05, 0.1) is 11.6 Å². The van der Waals surface area contributed by atoms with Gasteiger partial charge < -0.3 is 4.74 Å². The van der Waals surface area contributed by atoms with Crippen molar-refractivity contribution in [2.75, 3.05) is 7.11 Å². The molecule has 2 aromatic carbocycles. The first-order chi connectivity index (χ1) is 8.57. The zero-order valence-electron chi connectivity index (χ0n) is 10.8. The molecule has 92 valence electrons. The molecule has 0 bridgehead atoms. The smallest absolute Gasteiger partial charge is 0.137 e. The number of rotatable bonds is 1. The Labute approximate surface area is 116 Å². The van der Waals surface area contributed by atoms with E-state index in [-0.39, 0.29) is 5.41 Å². The second kappa shape index (κ2) is 3.86. The van der Waals surface area contributed by atoms with Crippen LogP contribution in [-0.2, 0) is 5.41 Å². The van der Waals surface area contributed by atoms with Crippen LogP contribution >= 0.6 is 15.9 Å². The summed E-state index contributed by atoms with van der Waals surface area (Å²) in [4.78, 5) is 0. The summed E-state index contributed by atoms with van der Waals surface area (Å²) in [6, 6.07) is 12.8. The van der Waals surface area contributed by atoms with Crippen molar-refractivity contribution in [1.29, 1.82) is 0 Å². The van der Waals surface area contributed by atoms with Crippen molar-refractivity contribution < 1.29 is 4.74 Å². The Hall–Kier alpha value is -1.28. The molecule has 0 saturated carbocycles. The molecule has 3 rings (SSSR count).